The Morgan fingerprint density at radius 1 is 1.12 bits per heavy atom. The fourth-order valence-corrected chi connectivity index (χ4v) is 7.01. The van der Waals surface area contributed by atoms with Crippen LogP contribution in [0.4, 0.5) is 4.79 Å². The maximum atomic E-state index is 13.1. The molecule has 7 nitrogen and oxygen atoms in total. The van der Waals surface area contributed by atoms with Gasteiger partial charge in [-0.1, -0.05) is 65.3 Å². The van der Waals surface area contributed by atoms with E-state index in [1.54, 1.807) is 12.1 Å². The van der Waals surface area contributed by atoms with E-state index in [0.29, 0.717) is 16.5 Å². The van der Waals surface area contributed by atoms with Gasteiger partial charge in [0.1, 0.15) is 5.25 Å². The number of nitrogens with zero attached hydrogens (tertiary/aromatic N) is 1. The van der Waals surface area contributed by atoms with Crippen molar-refractivity contribution >= 4 is 61.9 Å². The third-order valence-corrected chi connectivity index (χ3v) is 8.93. The predicted molar refractivity (Wildman–Crippen MR) is 129 cm³/mol. The molecular formula is C22H20Cl2N2O5S2. The largest absolute Gasteiger partial charge is 0.334 e. The summed E-state index contributed by atoms with van der Waals surface area (Å²) in [5.74, 6) is -0.946. The number of amides is 3. The summed E-state index contributed by atoms with van der Waals surface area (Å²) < 4.78 is 24.1. The molecule has 0 radical (unpaired) electrons. The van der Waals surface area contributed by atoms with Crippen molar-refractivity contribution in [3.8, 4) is 11.1 Å². The minimum atomic E-state index is -3.22. The highest BCUT2D eigenvalue weighted by molar-refractivity contribution is 8.15. The average molecular weight is 527 g/mol. The van der Waals surface area contributed by atoms with Crippen LogP contribution in [0.1, 0.15) is 18.4 Å². The molecule has 2 aliphatic heterocycles. The fraction of sp³-hybridized carbons (Fsp3) is 0.318. The van der Waals surface area contributed by atoms with Crippen LogP contribution in [-0.4, -0.2) is 53.2 Å². The fourth-order valence-electron chi connectivity index (χ4n) is 3.96. The van der Waals surface area contributed by atoms with Gasteiger partial charge in [0, 0.05) is 34.6 Å². The second-order valence-electron chi connectivity index (χ2n) is 7.99. The van der Waals surface area contributed by atoms with E-state index in [1.807, 2.05) is 30.3 Å². The highest BCUT2D eigenvalue weighted by Crippen LogP contribution is 2.31. The summed E-state index contributed by atoms with van der Waals surface area (Å²) in [6.45, 7) is 0.195. The standard InChI is InChI=1S/C22H20Cl2N2O5S2/c23-15-5-6-17(18(24)9-15)14-3-1-13(2-4-14)11-26(16-7-8-33(30,31)12-16)20(27)10-19-21(28)25-22(29)32-19/h1-6,9,16,19H,7-8,10-12H2,(H,25,28,29). The first-order chi connectivity index (χ1) is 15.6. The lowest BCUT2D eigenvalue weighted by Gasteiger charge is -2.29. The number of halogens is 2. The number of sulfone groups is 1. The van der Waals surface area contributed by atoms with Gasteiger partial charge in [-0.3, -0.25) is 19.7 Å². The molecule has 2 aliphatic rings. The Morgan fingerprint density at radius 2 is 1.85 bits per heavy atom. The number of thioether (sulfide) groups is 1. The maximum Gasteiger partial charge on any atom is 0.286 e. The van der Waals surface area contributed by atoms with Crippen LogP contribution in [0.3, 0.4) is 0 Å². The van der Waals surface area contributed by atoms with Crippen LogP contribution in [0, 0.1) is 0 Å². The Morgan fingerprint density at radius 3 is 2.42 bits per heavy atom. The molecule has 2 aromatic rings. The van der Waals surface area contributed by atoms with Gasteiger partial charge >= 0.3 is 0 Å². The van der Waals surface area contributed by atoms with Crippen molar-refractivity contribution < 1.29 is 22.8 Å². The molecule has 0 saturated carbocycles. The molecule has 2 unspecified atom stereocenters. The van der Waals surface area contributed by atoms with E-state index in [4.69, 9.17) is 23.2 Å². The third-order valence-electron chi connectivity index (χ3n) is 5.65. The number of carbonyl (C=O) groups excluding carboxylic acids is 3. The Hall–Kier alpha value is -2.07. The summed E-state index contributed by atoms with van der Waals surface area (Å²) in [5.41, 5.74) is 2.50. The van der Waals surface area contributed by atoms with Crippen molar-refractivity contribution in [2.24, 2.45) is 0 Å². The van der Waals surface area contributed by atoms with E-state index in [9.17, 15) is 22.8 Å². The molecule has 2 heterocycles. The molecule has 4 rings (SSSR count). The van der Waals surface area contributed by atoms with Gasteiger partial charge in [-0.05, 0) is 29.7 Å². The number of carbonyl (C=O) groups is 3. The molecule has 11 heteroatoms. The first-order valence-corrected chi connectivity index (χ1v) is 13.6. The molecule has 2 atom stereocenters. The second-order valence-corrected chi connectivity index (χ2v) is 12.2. The van der Waals surface area contributed by atoms with Crippen molar-refractivity contribution in [2.75, 3.05) is 11.5 Å². The van der Waals surface area contributed by atoms with E-state index < -0.39 is 32.3 Å². The summed E-state index contributed by atoms with van der Waals surface area (Å²) in [7, 11) is -3.22. The zero-order valence-electron chi connectivity index (χ0n) is 17.3. The topological polar surface area (TPSA) is 101 Å². The molecule has 0 aromatic heterocycles. The number of rotatable bonds is 6. The summed E-state index contributed by atoms with van der Waals surface area (Å²) in [4.78, 5) is 38.0. The van der Waals surface area contributed by atoms with Crippen LogP contribution in [0.5, 0.6) is 0 Å². The van der Waals surface area contributed by atoms with Crippen LogP contribution < -0.4 is 5.32 Å². The zero-order valence-corrected chi connectivity index (χ0v) is 20.4. The van der Waals surface area contributed by atoms with Crippen LogP contribution in [-0.2, 0) is 26.0 Å². The molecule has 1 N–H and O–H groups in total. The van der Waals surface area contributed by atoms with E-state index in [0.717, 1.165) is 28.5 Å². The number of hydrogen-bond donors (Lipinski definition) is 1. The smallest absolute Gasteiger partial charge is 0.286 e. The van der Waals surface area contributed by atoms with Crippen LogP contribution in [0.25, 0.3) is 11.1 Å². The monoisotopic (exact) mass is 526 g/mol. The van der Waals surface area contributed by atoms with Gasteiger partial charge in [0.15, 0.2) is 9.84 Å². The Balaban J connectivity index is 1.54. The molecule has 0 aliphatic carbocycles. The molecule has 33 heavy (non-hydrogen) atoms. The van der Waals surface area contributed by atoms with Crippen LogP contribution >= 0.6 is 35.0 Å². The Labute approximate surface area is 205 Å². The lowest BCUT2D eigenvalue weighted by atomic mass is 10.0. The van der Waals surface area contributed by atoms with Gasteiger partial charge in [-0.15, -0.1) is 0 Å². The van der Waals surface area contributed by atoms with Crippen LogP contribution in [0.15, 0.2) is 42.5 Å². The number of benzene rings is 2. The van der Waals surface area contributed by atoms with Gasteiger partial charge in [0.2, 0.25) is 11.8 Å². The molecule has 0 bridgehead atoms. The van der Waals surface area contributed by atoms with Gasteiger partial charge in [-0.25, -0.2) is 8.42 Å². The summed E-state index contributed by atoms with van der Waals surface area (Å²) in [6, 6.07) is 12.2. The highest BCUT2D eigenvalue weighted by atomic mass is 35.5. The van der Waals surface area contributed by atoms with Gasteiger partial charge in [0.25, 0.3) is 5.24 Å². The quantitative estimate of drug-likeness (QED) is 0.612. The molecule has 174 valence electrons. The van der Waals surface area contributed by atoms with Crippen molar-refractivity contribution in [1.82, 2.24) is 10.2 Å². The first kappa shape index (κ1) is 24.1. The minimum absolute atomic E-state index is 0.0204. The average Bonchev–Trinajstić information content (AvgIpc) is 3.26. The molecule has 2 fully saturated rings. The molecule has 2 saturated heterocycles. The van der Waals surface area contributed by atoms with Crippen molar-refractivity contribution in [3.63, 3.8) is 0 Å². The Kier molecular flexibility index (Phi) is 7.04. The minimum Gasteiger partial charge on any atom is -0.334 e. The van der Waals surface area contributed by atoms with Crippen molar-refractivity contribution in [1.29, 1.82) is 0 Å². The molecule has 3 amide bonds. The third kappa shape index (κ3) is 5.71. The zero-order chi connectivity index (χ0) is 23.8. The van der Waals surface area contributed by atoms with Gasteiger partial charge in [-0.2, -0.15) is 0 Å². The lowest BCUT2D eigenvalue weighted by Crippen LogP contribution is -2.42. The number of hydrogen-bond acceptors (Lipinski definition) is 6. The summed E-state index contributed by atoms with van der Waals surface area (Å²) >= 11 is 13.0. The van der Waals surface area contributed by atoms with Crippen molar-refractivity contribution in [2.45, 2.75) is 30.7 Å². The first-order valence-electron chi connectivity index (χ1n) is 10.2. The van der Waals surface area contributed by atoms with Gasteiger partial charge in [0.05, 0.1) is 11.5 Å². The molecular weight excluding hydrogens is 507 g/mol. The van der Waals surface area contributed by atoms with Crippen LogP contribution in [0.2, 0.25) is 10.0 Å². The molecule has 0 spiro atoms. The van der Waals surface area contributed by atoms with E-state index in [-0.39, 0.29) is 30.4 Å². The highest BCUT2D eigenvalue weighted by Gasteiger charge is 2.38. The van der Waals surface area contributed by atoms with E-state index in [1.165, 1.54) is 4.90 Å². The normalized spacial score (nSPS) is 21.8. The number of nitrogens with one attached hydrogen (secondary N) is 1. The van der Waals surface area contributed by atoms with Gasteiger partial charge < -0.3 is 4.90 Å². The van der Waals surface area contributed by atoms with E-state index >= 15 is 0 Å². The number of imide groups is 1. The molecule has 2 aromatic carbocycles. The maximum absolute atomic E-state index is 13.1. The predicted octanol–water partition coefficient (Wildman–Crippen LogP) is 3.92. The lowest BCUT2D eigenvalue weighted by molar-refractivity contribution is -0.135. The van der Waals surface area contributed by atoms with Crippen molar-refractivity contribution in [3.05, 3.63) is 58.1 Å². The Bertz CT molecular complexity index is 1220. The van der Waals surface area contributed by atoms with E-state index in [2.05, 4.69) is 5.32 Å². The SMILES string of the molecule is O=C1NC(=O)C(CC(=O)N(Cc2ccc(-c3ccc(Cl)cc3Cl)cc2)C2CCS(=O)(=O)C2)S1. The second kappa shape index (κ2) is 9.66. The summed E-state index contributed by atoms with van der Waals surface area (Å²) in [6.07, 6.45) is 0.173. The summed E-state index contributed by atoms with van der Waals surface area (Å²) in [5, 5.41) is 1.94.